The molecule has 1 atom stereocenters. The molecule has 11 heavy (non-hydrogen) atoms. The fourth-order valence-corrected chi connectivity index (χ4v) is 0.990. The summed E-state index contributed by atoms with van der Waals surface area (Å²) in [6, 6.07) is 0. The molecule has 0 rings (SSSR count). The maximum Gasteiger partial charge on any atom is 0.391 e. The van der Waals surface area contributed by atoms with E-state index in [-0.39, 0.29) is 12.8 Å². The highest BCUT2D eigenvalue weighted by Crippen LogP contribution is 2.32. The molecule has 0 aliphatic carbocycles. The molecular weight excluding hydrogens is 153 g/mol. The summed E-state index contributed by atoms with van der Waals surface area (Å²) in [5.41, 5.74) is 0. The zero-order chi connectivity index (χ0) is 8.91. The van der Waals surface area contributed by atoms with E-state index in [2.05, 4.69) is 6.92 Å². The average Bonchev–Trinajstić information content (AvgIpc) is 1.87. The van der Waals surface area contributed by atoms with Crippen LogP contribution in [0.3, 0.4) is 0 Å². The highest BCUT2D eigenvalue weighted by molar-refractivity contribution is 4.65. The van der Waals surface area contributed by atoms with E-state index in [1.165, 1.54) is 0 Å². The predicted octanol–water partition coefficient (Wildman–Crippen LogP) is 3.58. The lowest BCUT2D eigenvalue weighted by molar-refractivity contribution is -0.177. The summed E-state index contributed by atoms with van der Waals surface area (Å²) in [7, 11) is 0. The molecule has 0 aliphatic rings. The highest BCUT2D eigenvalue weighted by Gasteiger charge is 2.37. The molecule has 0 aliphatic heterocycles. The van der Waals surface area contributed by atoms with E-state index < -0.39 is 12.1 Å². The Morgan fingerprint density at radius 1 is 1.36 bits per heavy atom. The number of rotatable bonds is 4. The Kier molecular flexibility index (Phi) is 4.54. The minimum absolute atomic E-state index is 0.184. The first kappa shape index (κ1) is 10.8. The molecule has 0 nitrogen and oxygen atoms in total. The first-order valence-electron chi connectivity index (χ1n) is 3.88. The summed E-state index contributed by atoms with van der Waals surface area (Å²) in [5, 5.41) is 0. The molecule has 0 heterocycles. The van der Waals surface area contributed by atoms with Gasteiger partial charge in [-0.3, -0.25) is 0 Å². The highest BCUT2D eigenvalue weighted by atomic mass is 19.4. The second kappa shape index (κ2) is 4.62. The smallest absolute Gasteiger partial charge is 0.171 e. The Morgan fingerprint density at radius 2 is 1.91 bits per heavy atom. The molecule has 0 spiro atoms. The monoisotopic (exact) mass is 167 g/mol. The molecule has 3 heteroatoms. The lowest BCUT2D eigenvalue weighted by Gasteiger charge is -2.17. The zero-order valence-corrected chi connectivity index (χ0v) is 6.75. The maximum atomic E-state index is 12.0. The van der Waals surface area contributed by atoms with Gasteiger partial charge in [0.25, 0.3) is 0 Å². The minimum Gasteiger partial charge on any atom is -0.171 e. The van der Waals surface area contributed by atoms with Gasteiger partial charge in [0.1, 0.15) is 0 Å². The second-order valence-corrected chi connectivity index (χ2v) is 2.64. The van der Waals surface area contributed by atoms with Crippen LogP contribution in [-0.4, -0.2) is 6.18 Å². The van der Waals surface area contributed by atoms with Crippen LogP contribution < -0.4 is 0 Å². The van der Waals surface area contributed by atoms with Crippen LogP contribution in [0.2, 0.25) is 0 Å². The fourth-order valence-electron chi connectivity index (χ4n) is 0.990. The Hall–Kier alpha value is -0.210. The number of halogens is 3. The van der Waals surface area contributed by atoms with Gasteiger partial charge in [-0.2, -0.15) is 13.2 Å². The quantitative estimate of drug-likeness (QED) is 0.600. The van der Waals surface area contributed by atoms with Gasteiger partial charge in [0.15, 0.2) is 0 Å². The third kappa shape index (κ3) is 4.27. The molecule has 0 saturated heterocycles. The lowest BCUT2D eigenvalue weighted by atomic mass is 9.99. The van der Waals surface area contributed by atoms with E-state index in [1.54, 1.807) is 6.92 Å². The largest absolute Gasteiger partial charge is 0.391 e. The van der Waals surface area contributed by atoms with Gasteiger partial charge in [0.05, 0.1) is 5.92 Å². The van der Waals surface area contributed by atoms with Crippen molar-refractivity contribution < 1.29 is 13.2 Å². The van der Waals surface area contributed by atoms with Crippen molar-refractivity contribution in [3.8, 4) is 0 Å². The van der Waals surface area contributed by atoms with Crippen molar-refractivity contribution in [2.24, 2.45) is 5.92 Å². The number of hydrogen-bond donors (Lipinski definition) is 0. The molecule has 0 bridgehead atoms. The van der Waals surface area contributed by atoms with Crippen molar-refractivity contribution in [2.75, 3.05) is 0 Å². The van der Waals surface area contributed by atoms with Gasteiger partial charge in [-0.25, -0.2) is 0 Å². The zero-order valence-electron chi connectivity index (χ0n) is 6.75. The Labute approximate surface area is 65.8 Å². The molecular formula is C8H14F3. The van der Waals surface area contributed by atoms with Crippen LogP contribution in [0.5, 0.6) is 0 Å². The number of alkyl halides is 3. The predicted molar refractivity (Wildman–Crippen MR) is 39.0 cm³/mol. The molecule has 0 aromatic rings. The van der Waals surface area contributed by atoms with Gasteiger partial charge in [-0.15, -0.1) is 0 Å². The minimum atomic E-state index is -4.01. The van der Waals surface area contributed by atoms with Crippen molar-refractivity contribution in [3.05, 3.63) is 6.92 Å². The summed E-state index contributed by atoms with van der Waals surface area (Å²) < 4.78 is 36.1. The fraction of sp³-hybridized carbons (Fsp3) is 0.875. The number of unbranched alkanes of at least 4 members (excludes halogenated alkanes) is 1. The van der Waals surface area contributed by atoms with Gasteiger partial charge in [0.2, 0.25) is 0 Å². The molecule has 1 radical (unpaired) electrons. The normalized spacial score (nSPS) is 15.0. The molecule has 0 aromatic carbocycles. The van der Waals surface area contributed by atoms with Crippen LogP contribution >= 0.6 is 0 Å². The number of hydrogen-bond acceptors (Lipinski definition) is 0. The Balaban J connectivity index is 3.76. The van der Waals surface area contributed by atoms with Crippen molar-refractivity contribution >= 4 is 0 Å². The summed E-state index contributed by atoms with van der Waals surface area (Å²) >= 11 is 0. The van der Waals surface area contributed by atoms with E-state index in [9.17, 15) is 13.2 Å². The molecule has 0 aromatic heterocycles. The average molecular weight is 167 g/mol. The van der Waals surface area contributed by atoms with Crippen LogP contribution in [0, 0.1) is 12.8 Å². The summed E-state index contributed by atoms with van der Waals surface area (Å²) in [6.07, 6.45) is -2.44. The Morgan fingerprint density at radius 3 is 2.18 bits per heavy atom. The van der Waals surface area contributed by atoms with Crippen LogP contribution in [0.1, 0.15) is 32.6 Å². The molecule has 0 saturated carbocycles. The topological polar surface area (TPSA) is 0 Å². The standard InChI is InChI=1S/C8H14F3/c1-3-5-6-7(4-2)8(9,10)11/h7H,1,3-6H2,2H3. The SMILES string of the molecule is [CH2]CCCC(CC)C(F)(F)F. The molecule has 0 fully saturated rings. The van der Waals surface area contributed by atoms with Crippen molar-refractivity contribution in [2.45, 2.75) is 38.8 Å². The lowest BCUT2D eigenvalue weighted by Crippen LogP contribution is -2.21. The van der Waals surface area contributed by atoms with E-state index in [4.69, 9.17) is 0 Å². The van der Waals surface area contributed by atoms with Crippen molar-refractivity contribution in [1.82, 2.24) is 0 Å². The van der Waals surface area contributed by atoms with Crippen LogP contribution in [0.15, 0.2) is 0 Å². The van der Waals surface area contributed by atoms with Gasteiger partial charge >= 0.3 is 6.18 Å². The third-order valence-corrected chi connectivity index (χ3v) is 1.76. The second-order valence-electron chi connectivity index (χ2n) is 2.64. The summed E-state index contributed by atoms with van der Waals surface area (Å²) in [4.78, 5) is 0. The van der Waals surface area contributed by atoms with E-state index in [1.807, 2.05) is 0 Å². The van der Waals surface area contributed by atoms with Gasteiger partial charge < -0.3 is 0 Å². The van der Waals surface area contributed by atoms with E-state index >= 15 is 0 Å². The molecule has 1 unspecified atom stereocenters. The van der Waals surface area contributed by atoms with Gasteiger partial charge in [-0.1, -0.05) is 26.7 Å². The molecule has 0 N–H and O–H groups in total. The van der Waals surface area contributed by atoms with Crippen molar-refractivity contribution in [3.63, 3.8) is 0 Å². The van der Waals surface area contributed by atoms with E-state index in [0.29, 0.717) is 12.8 Å². The van der Waals surface area contributed by atoms with Crippen LogP contribution in [-0.2, 0) is 0 Å². The van der Waals surface area contributed by atoms with E-state index in [0.717, 1.165) is 0 Å². The molecule has 67 valence electrons. The van der Waals surface area contributed by atoms with Crippen LogP contribution in [0.25, 0.3) is 0 Å². The maximum absolute atomic E-state index is 12.0. The summed E-state index contributed by atoms with van der Waals surface area (Å²) in [6.45, 7) is 5.08. The molecule has 0 amide bonds. The van der Waals surface area contributed by atoms with Crippen LogP contribution in [0.4, 0.5) is 13.2 Å². The van der Waals surface area contributed by atoms with Gasteiger partial charge in [-0.05, 0) is 12.8 Å². The first-order valence-corrected chi connectivity index (χ1v) is 3.88. The Bertz CT molecular complexity index is 96.0. The summed E-state index contributed by atoms with van der Waals surface area (Å²) in [5.74, 6) is -1.12. The third-order valence-electron chi connectivity index (χ3n) is 1.76. The van der Waals surface area contributed by atoms with Crippen molar-refractivity contribution in [1.29, 1.82) is 0 Å². The van der Waals surface area contributed by atoms with Gasteiger partial charge in [0, 0.05) is 0 Å². The first-order chi connectivity index (χ1) is 5.02.